The predicted octanol–water partition coefficient (Wildman–Crippen LogP) is 1.79. The molecule has 38 heavy (non-hydrogen) atoms. The van der Waals surface area contributed by atoms with Crippen LogP contribution in [0.3, 0.4) is 0 Å². The van der Waals surface area contributed by atoms with E-state index in [0.717, 1.165) is 0 Å². The van der Waals surface area contributed by atoms with E-state index in [2.05, 4.69) is 42.2 Å². The van der Waals surface area contributed by atoms with Gasteiger partial charge in [-0.25, -0.2) is 0 Å². The lowest BCUT2D eigenvalue weighted by Crippen LogP contribution is -2.42. The number of hydrogen-bond donors (Lipinski definition) is 7. The average Bonchev–Trinajstić information content (AvgIpc) is 2.85. The third-order valence-corrected chi connectivity index (χ3v) is 6.08. The summed E-state index contributed by atoms with van der Waals surface area (Å²) >= 11 is 9.27. The fourth-order valence-corrected chi connectivity index (χ4v) is 4.39. The summed E-state index contributed by atoms with van der Waals surface area (Å²) in [6.07, 6.45) is -0.886. The van der Waals surface area contributed by atoms with Crippen molar-refractivity contribution >= 4 is 57.0 Å². The van der Waals surface area contributed by atoms with E-state index in [-0.39, 0.29) is 51.7 Å². The summed E-state index contributed by atoms with van der Waals surface area (Å²) in [4.78, 5) is 41.7. The van der Waals surface area contributed by atoms with Crippen LogP contribution < -0.4 is 21.3 Å². The van der Waals surface area contributed by atoms with E-state index in [4.69, 9.17) is 16.3 Å². The Morgan fingerprint density at radius 2 is 2.00 bits per heavy atom. The second-order valence-corrected chi connectivity index (χ2v) is 9.55. The van der Waals surface area contributed by atoms with Gasteiger partial charge in [-0.3, -0.25) is 19.4 Å². The molecule has 0 aliphatic carbocycles. The van der Waals surface area contributed by atoms with Crippen LogP contribution in [0.2, 0.25) is 5.02 Å². The smallest absolute Gasteiger partial charge is 0.308 e. The van der Waals surface area contributed by atoms with Gasteiger partial charge in [0, 0.05) is 34.4 Å². The fraction of sp³-hybridized carbons (Fsp3) is 0.333. The molecular formula is C24H27BrClN5O7. The van der Waals surface area contributed by atoms with Crippen LogP contribution in [0.4, 0.5) is 5.69 Å². The van der Waals surface area contributed by atoms with Crippen molar-refractivity contribution in [2.24, 2.45) is 4.99 Å². The molecule has 2 atom stereocenters. The van der Waals surface area contributed by atoms with E-state index >= 15 is 0 Å². The fourth-order valence-electron chi connectivity index (χ4n) is 3.55. The Morgan fingerprint density at radius 3 is 2.68 bits per heavy atom. The van der Waals surface area contributed by atoms with Crippen molar-refractivity contribution in [2.75, 3.05) is 31.6 Å². The molecule has 2 amide bonds. The topological polar surface area (TPSA) is 182 Å². The Hall–Kier alpha value is -3.55. The molecule has 0 bridgehead atoms. The third kappa shape index (κ3) is 8.23. The maximum Gasteiger partial charge on any atom is 0.308 e. The zero-order valence-electron chi connectivity index (χ0n) is 20.3. The molecule has 0 saturated heterocycles. The standard InChI is InChI=1S/C24H27BrClN5O7/c1-2-38-21(35)8-19(17-5-13(26)6-18(25)22(17)36)31-20(34)11-27-23(37)12-3-14(7-15(32)4-12)30-24-28-9-16(33)10-29-24/h3-7,16,19,32-33,36H,2,8-11H2,1H3,(H,27,37)(H,31,34)(H2,28,29,30). The van der Waals surface area contributed by atoms with Crippen molar-refractivity contribution < 1.29 is 34.4 Å². The molecule has 1 aliphatic rings. The Balaban J connectivity index is 1.67. The van der Waals surface area contributed by atoms with Crippen LogP contribution in [0.1, 0.15) is 35.3 Å². The van der Waals surface area contributed by atoms with Gasteiger partial charge < -0.3 is 41.3 Å². The quantitative estimate of drug-likeness (QED) is 0.208. The number of anilines is 1. The van der Waals surface area contributed by atoms with Gasteiger partial charge in [-0.15, -0.1) is 0 Å². The highest BCUT2D eigenvalue weighted by Gasteiger charge is 2.24. The lowest BCUT2D eigenvalue weighted by molar-refractivity contribution is -0.143. The SMILES string of the molecule is CCOC(=O)CC(NC(=O)CNC(=O)c1cc(O)cc(NC2=NCC(O)CN2)c1)c1cc(Cl)cc(Br)c1O. The summed E-state index contributed by atoms with van der Waals surface area (Å²) in [5.74, 6) is -1.94. The molecule has 12 nitrogen and oxygen atoms in total. The van der Waals surface area contributed by atoms with Crippen molar-refractivity contribution in [1.82, 2.24) is 16.0 Å². The molecule has 3 rings (SSSR count). The molecule has 204 valence electrons. The average molecular weight is 613 g/mol. The number of aliphatic hydroxyl groups is 1. The number of phenols is 2. The summed E-state index contributed by atoms with van der Waals surface area (Å²) in [5, 5.41) is 41.2. The lowest BCUT2D eigenvalue weighted by Gasteiger charge is -2.21. The molecule has 0 aromatic heterocycles. The van der Waals surface area contributed by atoms with Gasteiger partial charge in [0.1, 0.15) is 11.5 Å². The zero-order chi connectivity index (χ0) is 27.8. The van der Waals surface area contributed by atoms with Crippen LogP contribution in [0, 0.1) is 0 Å². The summed E-state index contributed by atoms with van der Waals surface area (Å²) < 4.78 is 5.25. The second-order valence-electron chi connectivity index (χ2n) is 8.25. The lowest BCUT2D eigenvalue weighted by atomic mass is 10.0. The number of benzene rings is 2. The first-order valence-electron chi connectivity index (χ1n) is 11.5. The number of ether oxygens (including phenoxy) is 1. The number of aliphatic imine (C=N–C) groups is 1. The van der Waals surface area contributed by atoms with Crippen molar-refractivity contribution in [1.29, 1.82) is 0 Å². The number of β-amino-alcohol motifs (C(OH)–C–C–N with tert-alkyl or cyclic N) is 1. The largest absolute Gasteiger partial charge is 0.508 e. The highest BCUT2D eigenvalue weighted by molar-refractivity contribution is 9.10. The first-order valence-corrected chi connectivity index (χ1v) is 12.7. The third-order valence-electron chi connectivity index (χ3n) is 5.26. The number of halogens is 2. The highest BCUT2D eigenvalue weighted by Crippen LogP contribution is 2.36. The molecule has 0 radical (unpaired) electrons. The number of hydrogen-bond acceptors (Lipinski definition) is 10. The van der Waals surface area contributed by atoms with Gasteiger partial charge in [0.2, 0.25) is 5.91 Å². The predicted molar refractivity (Wildman–Crippen MR) is 143 cm³/mol. The first-order chi connectivity index (χ1) is 18.0. The van der Waals surface area contributed by atoms with Crippen LogP contribution in [0.25, 0.3) is 0 Å². The van der Waals surface area contributed by atoms with Crippen LogP contribution >= 0.6 is 27.5 Å². The van der Waals surface area contributed by atoms with Crippen LogP contribution in [-0.2, 0) is 14.3 Å². The number of guanidine groups is 1. The number of carbonyl (C=O) groups excluding carboxylic acids is 3. The molecule has 2 unspecified atom stereocenters. The molecular weight excluding hydrogens is 586 g/mol. The number of nitrogens with zero attached hydrogens (tertiary/aromatic N) is 1. The first kappa shape index (κ1) is 29.0. The molecule has 0 saturated carbocycles. The molecule has 1 aliphatic heterocycles. The maximum atomic E-state index is 12.7. The number of phenolic OH excluding ortho intramolecular Hbond substituents is 2. The van der Waals surface area contributed by atoms with Gasteiger partial charge in [0.05, 0.1) is 42.7 Å². The Morgan fingerprint density at radius 1 is 1.24 bits per heavy atom. The number of aromatic hydroxyl groups is 2. The molecule has 0 fully saturated rings. The minimum absolute atomic E-state index is 0.0660. The number of nitrogens with one attached hydrogen (secondary N) is 4. The van der Waals surface area contributed by atoms with Gasteiger partial charge in [0.15, 0.2) is 5.96 Å². The van der Waals surface area contributed by atoms with Crippen LogP contribution in [0.5, 0.6) is 11.5 Å². The van der Waals surface area contributed by atoms with E-state index in [1.807, 2.05) is 0 Å². The summed E-state index contributed by atoms with van der Waals surface area (Å²) in [6.45, 7) is 1.81. The van der Waals surface area contributed by atoms with Crippen LogP contribution in [0.15, 0.2) is 39.8 Å². The molecule has 14 heteroatoms. The second kappa shape index (κ2) is 13.3. The number of carbonyl (C=O) groups is 3. The number of rotatable bonds is 9. The van der Waals surface area contributed by atoms with Crippen molar-refractivity contribution in [3.8, 4) is 11.5 Å². The number of esters is 1. The molecule has 2 aromatic rings. The van der Waals surface area contributed by atoms with Crippen molar-refractivity contribution in [3.05, 3.63) is 51.0 Å². The van der Waals surface area contributed by atoms with Gasteiger partial charge in [0.25, 0.3) is 5.91 Å². The molecule has 7 N–H and O–H groups in total. The van der Waals surface area contributed by atoms with Gasteiger partial charge in [-0.1, -0.05) is 11.6 Å². The minimum Gasteiger partial charge on any atom is -0.508 e. The van der Waals surface area contributed by atoms with Gasteiger partial charge >= 0.3 is 5.97 Å². The van der Waals surface area contributed by atoms with Gasteiger partial charge in [-0.2, -0.15) is 0 Å². The van der Waals surface area contributed by atoms with E-state index in [9.17, 15) is 29.7 Å². The van der Waals surface area contributed by atoms with E-state index in [0.29, 0.717) is 18.2 Å². The molecule has 0 spiro atoms. The Bertz CT molecular complexity index is 1240. The minimum atomic E-state index is -0.993. The van der Waals surface area contributed by atoms with Crippen molar-refractivity contribution in [3.63, 3.8) is 0 Å². The van der Waals surface area contributed by atoms with Crippen molar-refractivity contribution in [2.45, 2.75) is 25.5 Å². The van der Waals surface area contributed by atoms with E-state index in [1.165, 1.54) is 30.3 Å². The summed E-state index contributed by atoms with van der Waals surface area (Å²) in [5.41, 5.74) is 0.613. The normalized spacial score (nSPS) is 15.5. The summed E-state index contributed by atoms with van der Waals surface area (Å²) in [6, 6.07) is 5.94. The van der Waals surface area contributed by atoms with E-state index < -0.39 is 36.5 Å². The number of amides is 2. The molecule has 2 aromatic carbocycles. The Kier molecular flexibility index (Phi) is 10.2. The highest BCUT2D eigenvalue weighted by atomic mass is 79.9. The zero-order valence-corrected chi connectivity index (χ0v) is 22.6. The Labute approximate surface area is 231 Å². The van der Waals surface area contributed by atoms with E-state index in [1.54, 1.807) is 6.92 Å². The molecule has 1 heterocycles. The maximum absolute atomic E-state index is 12.7. The summed E-state index contributed by atoms with van der Waals surface area (Å²) in [7, 11) is 0. The monoisotopic (exact) mass is 611 g/mol. The van der Waals surface area contributed by atoms with Gasteiger partial charge in [-0.05, 0) is 47.1 Å². The van der Waals surface area contributed by atoms with Crippen LogP contribution in [-0.4, -0.2) is 71.4 Å². The number of aliphatic hydroxyl groups excluding tert-OH is 1.